The highest BCUT2D eigenvalue weighted by Crippen LogP contribution is 2.22. The van der Waals surface area contributed by atoms with Crippen LogP contribution in [0.15, 0.2) is 35.1 Å². The van der Waals surface area contributed by atoms with Crippen molar-refractivity contribution >= 4 is 21.4 Å². The molecule has 2 aromatic heterocycles. The molecule has 0 radical (unpaired) electrons. The number of rotatable bonds is 7. The smallest absolute Gasteiger partial charge is 0.275 e. The first-order chi connectivity index (χ1) is 14.1. The Labute approximate surface area is 175 Å². The maximum absolute atomic E-state index is 12.3. The van der Waals surface area contributed by atoms with E-state index in [1.165, 1.54) is 52.9 Å². The minimum absolute atomic E-state index is 0.109. The summed E-state index contributed by atoms with van der Waals surface area (Å²) in [6, 6.07) is 10.2. The highest BCUT2D eigenvalue weighted by atomic mass is 32.1. The molecule has 7 heteroatoms. The van der Waals surface area contributed by atoms with Crippen molar-refractivity contribution in [1.82, 2.24) is 19.5 Å². The molecule has 1 aromatic carbocycles. The molecule has 3 heterocycles. The van der Waals surface area contributed by atoms with Gasteiger partial charge >= 0.3 is 0 Å². The average molecular weight is 412 g/mol. The minimum atomic E-state index is -0.109. The summed E-state index contributed by atoms with van der Waals surface area (Å²) in [5, 5.41) is 8.55. The summed E-state index contributed by atoms with van der Waals surface area (Å²) in [6.07, 6.45) is 4.36. The number of nitrogens with one attached hydrogen (secondary N) is 1. The number of aromatic nitrogens is 3. The van der Waals surface area contributed by atoms with E-state index in [1.807, 2.05) is 0 Å². The standard InChI is InChI=1S/C22H29N5OS/c1-3-6-19-13-20(28)27-22(24-19)29-21(25-27)23-14-17-7-4-5-8-18(17)15-26-11-9-16(2)10-12-26/h4-5,7-8,13,16H,3,6,9-12,14-15H2,1-2H3,(H,23,25). The van der Waals surface area contributed by atoms with Gasteiger partial charge in [0.1, 0.15) is 0 Å². The fraction of sp³-hybridized carbons (Fsp3) is 0.500. The van der Waals surface area contributed by atoms with Gasteiger partial charge in [-0.1, -0.05) is 55.9 Å². The van der Waals surface area contributed by atoms with Crippen LogP contribution in [0.4, 0.5) is 5.13 Å². The summed E-state index contributed by atoms with van der Waals surface area (Å²) in [5.74, 6) is 0.844. The SMILES string of the molecule is CCCc1cc(=O)n2nc(NCc3ccccc3CN3CCC(C)CC3)sc2n1. The molecule has 154 valence electrons. The predicted octanol–water partition coefficient (Wildman–Crippen LogP) is 3.95. The quantitative estimate of drug-likeness (QED) is 0.638. The molecule has 0 bridgehead atoms. The lowest BCUT2D eigenvalue weighted by atomic mass is 9.98. The maximum Gasteiger partial charge on any atom is 0.275 e. The molecule has 1 aliphatic rings. The van der Waals surface area contributed by atoms with Crippen LogP contribution in [-0.4, -0.2) is 32.6 Å². The highest BCUT2D eigenvalue weighted by molar-refractivity contribution is 7.20. The Morgan fingerprint density at radius 3 is 2.72 bits per heavy atom. The molecule has 0 spiro atoms. The number of hydrogen-bond donors (Lipinski definition) is 1. The van der Waals surface area contributed by atoms with E-state index in [0.717, 1.165) is 36.1 Å². The van der Waals surface area contributed by atoms with Crippen LogP contribution in [0.3, 0.4) is 0 Å². The molecule has 1 fully saturated rings. The van der Waals surface area contributed by atoms with Crippen molar-refractivity contribution in [3.63, 3.8) is 0 Å². The molecule has 0 amide bonds. The second-order valence-electron chi connectivity index (χ2n) is 8.02. The lowest BCUT2D eigenvalue weighted by molar-refractivity contribution is 0.185. The lowest BCUT2D eigenvalue weighted by Gasteiger charge is -2.30. The average Bonchev–Trinajstić information content (AvgIpc) is 3.13. The van der Waals surface area contributed by atoms with Gasteiger partial charge in [-0.2, -0.15) is 4.52 Å². The van der Waals surface area contributed by atoms with E-state index in [2.05, 4.69) is 58.4 Å². The number of aryl methyl sites for hydroxylation is 1. The van der Waals surface area contributed by atoms with Crippen LogP contribution >= 0.6 is 11.3 Å². The number of hydrogen-bond acceptors (Lipinski definition) is 6. The molecule has 4 rings (SSSR count). The van der Waals surface area contributed by atoms with Gasteiger partial charge in [-0.05, 0) is 49.4 Å². The Morgan fingerprint density at radius 2 is 1.97 bits per heavy atom. The van der Waals surface area contributed by atoms with Gasteiger partial charge in [0.15, 0.2) is 0 Å². The molecule has 3 aromatic rings. The second kappa shape index (κ2) is 9.05. The molecule has 1 saturated heterocycles. The molecular formula is C22H29N5OS. The zero-order valence-corrected chi connectivity index (χ0v) is 18.0. The van der Waals surface area contributed by atoms with E-state index in [1.54, 1.807) is 6.07 Å². The third-order valence-electron chi connectivity index (χ3n) is 5.62. The van der Waals surface area contributed by atoms with Crippen LogP contribution in [0.2, 0.25) is 0 Å². The zero-order valence-electron chi connectivity index (χ0n) is 17.2. The van der Waals surface area contributed by atoms with Crippen LogP contribution in [0.1, 0.15) is 49.9 Å². The fourth-order valence-corrected chi connectivity index (χ4v) is 4.65. The second-order valence-corrected chi connectivity index (χ2v) is 8.97. The largest absolute Gasteiger partial charge is 0.356 e. The van der Waals surface area contributed by atoms with Crippen LogP contribution in [0.25, 0.3) is 4.96 Å². The topological polar surface area (TPSA) is 62.5 Å². The van der Waals surface area contributed by atoms with Gasteiger partial charge < -0.3 is 5.32 Å². The van der Waals surface area contributed by atoms with Gasteiger partial charge in [0, 0.05) is 24.8 Å². The molecule has 29 heavy (non-hydrogen) atoms. The van der Waals surface area contributed by atoms with E-state index in [0.29, 0.717) is 11.5 Å². The van der Waals surface area contributed by atoms with Crippen molar-refractivity contribution < 1.29 is 0 Å². The van der Waals surface area contributed by atoms with Crippen LogP contribution in [-0.2, 0) is 19.5 Å². The summed E-state index contributed by atoms with van der Waals surface area (Å²) < 4.78 is 1.40. The number of fused-ring (bicyclic) bond motifs is 1. The third-order valence-corrected chi connectivity index (χ3v) is 6.49. The van der Waals surface area contributed by atoms with E-state index >= 15 is 0 Å². The molecule has 1 N–H and O–H groups in total. The lowest BCUT2D eigenvalue weighted by Crippen LogP contribution is -2.32. The van der Waals surface area contributed by atoms with Gasteiger partial charge in [-0.25, -0.2) is 4.98 Å². The van der Waals surface area contributed by atoms with Crippen molar-refractivity contribution in [3.8, 4) is 0 Å². The molecule has 0 saturated carbocycles. The first-order valence-electron chi connectivity index (χ1n) is 10.5. The summed E-state index contributed by atoms with van der Waals surface area (Å²) in [6.45, 7) is 8.47. The molecule has 0 atom stereocenters. The van der Waals surface area contributed by atoms with Gasteiger partial charge in [0.05, 0.1) is 0 Å². The molecule has 6 nitrogen and oxygen atoms in total. The first-order valence-corrected chi connectivity index (χ1v) is 11.4. The van der Waals surface area contributed by atoms with Crippen molar-refractivity contribution in [2.45, 2.75) is 52.6 Å². The summed E-state index contributed by atoms with van der Waals surface area (Å²) in [5.41, 5.74) is 3.37. The van der Waals surface area contributed by atoms with Gasteiger partial charge in [-0.15, -0.1) is 5.10 Å². The Bertz CT molecular complexity index is 1020. The number of benzene rings is 1. The predicted molar refractivity (Wildman–Crippen MR) is 119 cm³/mol. The van der Waals surface area contributed by atoms with Crippen molar-refractivity contribution in [3.05, 3.63) is 57.5 Å². The van der Waals surface area contributed by atoms with Crippen LogP contribution in [0.5, 0.6) is 0 Å². The van der Waals surface area contributed by atoms with E-state index in [4.69, 9.17) is 0 Å². The molecule has 0 unspecified atom stereocenters. The maximum atomic E-state index is 12.3. The summed E-state index contributed by atoms with van der Waals surface area (Å²) in [4.78, 5) is 20.1. The molecular weight excluding hydrogens is 382 g/mol. The number of likely N-dealkylation sites (tertiary alicyclic amines) is 1. The Kier molecular flexibility index (Phi) is 6.25. The van der Waals surface area contributed by atoms with E-state index in [9.17, 15) is 4.79 Å². The van der Waals surface area contributed by atoms with Gasteiger partial charge in [0.25, 0.3) is 5.56 Å². The number of piperidine rings is 1. The zero-order chi connectivity index (χ0) is 20.2. The summed E-state index contributed by atoms with van der Waals surface area (Å²) >= 11 is 1.43. The van der Waals surface area contributed by atoms with Gasteiger partial charge in [-0.3, -0.25) is 9.69 Å². The minimum Gasteiger partial charge on any atom is -0.356 e. The van der Waals surface area contributed by atoms with Crippen molar-refractivity contribution in [2.24, 2.45) is 5.92 Å². The Morgan fingerprint density at radius 1 is 1.21 bits per heavy atom. The third kappa shape index (κ3) is 4.85. The normalized spacial score (nSPS) is 15.8. The molecule has 1 aliphatic heterocycles. The fourth-order valence-electron chi connectivity index (χ4n) is 3.83. The van der Waals surface area contributed by atoms with Crippen molar-refractivity contribution in [1.29, 1.82) is 0 Å². The monoisotopic (exact) mass is 411 g/mol. The van der Waals surface area contributed by atoms with Gasteiger partial charge in [0.2, 0.25) is 10.1 Å². The van der Waals surface area contributed by atoms with Crippen LogP contribution in [0, 0.1) is 5.92 Å². The highest BCUT2D eigenvalue weighted by Gasteiger charge is 2.17. The van der Waals surface area contributed by atoms with Crippen molar-refractivity contribution in [2.75, 3.05) is 18.4 Å². The van der Waals surface area contributed by atoms with E-state index < -0.39 is 0 Å². The first kappa shape index (κ1) is 20.0. The summed E-state index contributed by atoms with van der Waals surface area (Å²) in [7, 11) is 0. The molecule has 0 aliphatic carbocycles. The van der Waals surface area contributed by atoms with Crippen LogP contribution < -0.4 is 10.9 Å². The van der Waals surface area contributed by atoms with E-state index in [-0.39, 0.29) is 5.56 Å². The Hall–Kier alpha value is -2.25. The Balaban J connectivity index is 1.46. The number of nitrogens with zero attached hydrogens (tertiary/aromatic N) is 4. The number of anilines is 1.